The van der Waals surface area contributed by atoms with Crippen LogP contribution >= 0.6 is 0 Å². The van der Waals surface area contributed by atoms with E-state index in [1.54, 1.807) is 0 Å². The Hall–Kier alpha value is -2.97. The first-order chi connectivity index (χ1) is 18.4. The molecule has 2 N–H and O–H groups in total. The van der Waals surface area contributed by atoms with E-state index >= 15 is 0 Å². The van der Waals surface area contributed by atoms with Crippen LogP contribution in [0.2, 0.25) is 0 Å². The highest BCUT2D eigenvalue weighted by Gasteiger charge is 2.38. The second-order valence-electron chi connectivity index (χ2n) is 11.2. The lowest BCUT2D eigenvalue weighted by atomic mass is 9.79. The number of nitrogens with zero attached hydrogens (tertiary/aromatic N) is 3. The zero-order chi connectivity index (χ0) is 26.2. The number of nitrogens with one attached hydrogen (secondary N) is 1. The van der Waals surface area contributed by atoms with Crippen LogP contribution in [-0.4, -0.2) is 60.4 Å². The summed E-state index contributed by atoms with van der Waals surface area (Å²) in [6.07, 6.45) is 5.49. The summed E-state index contributed by atoms with van der Waals surface area (Å²) in [6, 6.07) is 10.4. The Balaban J connectivity index is 0.970. The number of hydrogen-bond donors (Lipinski definition) is 2. The number of aryl methyl sites for hydroxylation is 1. The number of fused-ring (bicyclic) bond motifs is 1. The highest BCUT2D eigenvalue weighted by Crippen LogP contribution is 2.42. The van der Waals surface area contributed by atoms with Gasteiger partial charge in [0.2, 0.25) is 0 Å². The Morgan fingerprint density at radius 3 is 2.63 bits per heavy atom. The van der Waals surface area contributed by atoms with E-state index in [9.17, 15) is 13.9 Å². The van der Waals surface area contributed by atoms with Crippen LogP contribution in [-0.2, 0) is 0 Å². The van der Waals surface area contributed by atoms with Crippen LogP contribution in [0.1, 0.15) is 42.7 Å². The van der Waals surface area contributed by atoms with E-state index in [0.29, 0.717) is 35.1 Å². The van der Waals surface area contributed by atoms with Crippen molar-refractivity contribution in [1.82, 2.24) is 9.88 Å². The van der Waals surface area contributed by atoms with E-state index in [-0.39, 0.29) is 6.10 Å². The molecule has 2 saturated heterocycles. The van der Waals surface area contributed by atoms with E-state index in [2.05, 4.69) is 45.2 Å². The number of oxazole rings is 1. The second kappa shape index (κ2) is 10.7. The minimum atomic E-state index is -0.633. The van der Waals surface area contributed by atoms with Gasteiger partial charge in [-0.25, -0.2) is 13.8 Å². The number of benzene rings is 2. The lowest BCUT2D eigenvalue weighted by Crippen LogP contribution is -2.46. The number of halogens is 2. The summed E-state index contributed by atoms with van der Waals surface area (Å²) in [5.74, 6) is 0.427. The Morgan fingerprint density at radius 1 is 1.08 bits per heavy atom. The second-order valence-corrected chi connectivity index (χ2v) is 11.2. The summed E-state index contributed by atoms with van der Waals surface area (Å²) in [5.41, 5.74) is 4.27. The molecule has 3 atom stereocenters. The number of β-amino-alcohol motifs (C(OH)–C–C–N with tert-alkyl or cyclic N) is 1. The van der Waals surface area contributed by atoms with E-state index in [4.69, 9.17) is 4.42 Å². The molecule has 2 unspecified atom stereocenters. The van der Waals surface area contributed by atoms with Gasteiger partial charge in [-0.3, -0.25) is 0 Å². The first-order valence-electron chi connectivity index (χ1n) is 13.9. The molecule has 0 spiro atoms. The third-order valence-electron chi connectivity index (χ3n) is 8.82. The standard InChI is InChI=1S/C30H36F2N4O2/c1-19-3-2-4-25-26(16-33-29(19)25)24-8-10-35(18-27(24)37)9-5-20-6-11-36(12-7-20)30-34-17-28(38-30)21-13-22(31)15-23(32)14-21/h2-4,13-15,17,20,24,26-27,33,37H,5-12,16,18H2,1H3/t24?,26-,27?/m0/s1. The summed E-state index contributed by atoms with van der Waals surface area (Å²) < 4.78 is 33.0. The van der Waals surface area contributed by atoms with E-state index in [0.717, 1.165) is 71.0 Å². The lowest BCUT2D eigenvalue weighted by molar-refractivity contribution is 0.0106. The van der Waals surface area contributed by atoms with Crippen LogP contribution in [0.5, 0.6) is 0 Å². The van der Waals surface area contributed by atoms with Gasteiger partial charge < -0.3 is 24.6 Å². The van der Waals surface area contributed by atoms with Crippen LogP contribution in [0.4, 0.5) is 20.5 Å². The lowest BCUT2D eigenvalue weighted by Gasteiger charge is -2.39. The van der Waals surface area contributed by atoms with Gasteiger partial charge in [-0.15, -0.1) is 0 Å². The number of hydrogen-bond acceptors (Lipinski definition) is 6. The number of para-hydroxylation sites is 1. The number of aliphatic hydroxyl groups is 1. The number of aliphatic hydroxyl groups excluding tert-OH is 1. The van der Waals surface area contributed by atoms with Gasteiger partial charge >= 0.3 is 0 Å². The molecule has 6 nitrogen and oxygen atoms in total. The van der Waals surface area contributed by atoms with Gasteiger partial charge in [0.05, 0.1) is 12.3 Å². The number of likely N-dealkylation sites (tertiary alicyclic amines) is 1. The fraction of sp³-hybridized carbons (Fsp3) is 0.500. The van der Waals surface area contributed by atoms with Crippen molar-refractivity contribution in [2.45, 2.75) is 44.6 Å². The summed E-state index contributed by atoms with van der Waals surface area (Å²) in [6.45, 7) is 7.57. The van der Waals surface area contributed by atoms with E-state index in [1.165, 1.54) is 35.1 Å². The van der Waals surface area contributed by atoms with E-state index in [1.807, 2.05) is 0 Å². The molecule has 0 amide bonds. The number of anilines is 2. The van der Waals surface area contributed by atoms with Crippen molar-refractivity contribution in [2.75, 3.05) is 49.5 Å². The summed E-state index contributed by atoms with van der Waals surface area (Å²) >= 11 is 0. The van der Waals surface area contributed by atoms with Gasteiger partial charge in [0.15, 0.2) is 5.76 Å². The molecule has 0 radical (unpaired) electrons. The van der Waals surface area contributed by atoms with Crippen LogP contribution in [0.25, 0.3) is 11.3 Å². The van der Waals surface area contributed by atoms with Gasteiger partial charge in [-0.1, -0.05) is 18.2 Å². The quantitative estimate of drug-likeness (QED) is 0.450. The first kappa shape index (κ1) is 25.3. The summed E-state index contributed by atoms with van der Waals surface area (Å²) in [7, 11) is 0. The van der Waals surface area contributed by atoms with Gasteiger partial charge in [0.1, 0.15) is 11.6 Å². The van der Waals surface area contributed by atoms with E-state index < -0.39 is 11.6 Å². The molecular formula is C30H36F2N4O2. The third-order valence-corrected chi connectivity index (χ3v) is 8.82. The smallest absolute Gasteiger partial charge is 0.297 e. The molecule has 3 aliphatic heterocycles. The molecule has 0 aliphatic carbocycles. The molecule has 6 rings (SSSR count). The molecule has 4 heterocycles. The Kier molecular flexibility index (Phi) is 7.10. The Labute approximate surface area is 222 Å². The summed E-state index contributed by atoms with van der Waals surface area (Å²) in [5, 5.41) is 14.6. The van der Waals surface area contributed by atoms with Gasteiger partial charge in [0.25, 0.3) is 6.01 Å². The molecule has 2 aromatic carbocycles. The maximum Gasteiger partial charge on any atom is 0.297 e. The third kappa shape index (κ3) is 5.16. The molecule has 0 bridgehead atoms. The molecule has 202 valence electrons. The normalized spacial score (nSPS) is 24.4. The van der Waals surface area contributed by atoms with Crippen LogP contribution in [0.3, 0.4) is 0 Å². The average Bonchev–Trinajstić information content (AvgIpc) is 3.56. The highest BCUT2D eigenvalue weighted by molar-refractivity contribution is 5.63. The van der Waals surface area contributed by atoms with Crippen LogP contribution in [0.15, 0.2) is 47.0 Å². The fourth-order valence-electron chi connectivity index (χ4n) is 6.65. The molecule has 3 aliphatic rings. The zero-order valence-corrected chi connectivity index (χ0v) is 21.9. The van der Waals surface area contributed by atoms with Gasteiger partial charge in [-0.05, 0) is 80.8 Å². The van der Waals surface area contributed by atoms with Crippen LogP contribution in [0, 0.1) is 30.4 Å². The molecule has 38 heavy (non-hydrogen) atoms. The molecule has 8 heteroatoms. The largest absolute Gasteiger partial charge is 0.423 e. The minimum Gasteiger partial charge on any atom is -0.423 e. The molecular weight excluding hydrogens is 486 g/mol. The highest BCUT2D eigenvalue weighted by atomic mass is 19.1. The Bertz CT molecular complexity index is 1250. The van der Waals surface area contributed by atoms with Crippen molar-refractivity contribution >= 4 is 11.7 Å². The topological polar surface area (TPSA) is 64.8 Å². The average molecular weight is 523 g/mol. The van der Waals surface area contributed by atoms with Gasteiger partial charge in [0, 0.05) is 49.4 Å². The molecule has 1 aromatic heterocycles. The number of aromatic nitrogens is 1. The monoisotopic (exact) mass is 522 g/mol. The zero-order valence-electron chi connectivity index (χ0n) is 21.9. The summed E-state index contributed by atoms with van der Waals surface area (Å²) in [4.78, 5) is 8.91. The van der Waals surface area contributed by atoms with Gasteiger partial charge in [-0.2, -0.15) is 0 Å². The van der Waals surface area contributed by atoms with Crippen molar-refractivity contribution in [3.63, 3.8) is 0 Å². The van der Waals surface area contributed by atoms with Crippen LogP contribution < -0.4 is 10.2 Å². The van der Waals surface area contributed by atoms with Crippen molar-refractivity contribution in [3.05, 3.63) is 65.4 Å². The first-order valence-corrected chi connectivity index (χ1v) is 13.9. The number of piperidine rings is 2. The Morgan fingerprint density at radius 2 is 1.87 bits per heavy atom. The van der Waals surface area contributed by atoms with Crippen molar-refractivity contribution in [3.8, 4) is 11.3 Å². The predicted molar refractivity (Wildman–Crippen MR) is 144 cm³/mol. The predicted octanol–water partition coefficient (Wildman–Crippen LogP) is 5.43. The molecule has 3 aromatic rings. The fourth-order valence-corrected chi connectivity index (χ4v) is 6.65. The SMILES string of the molecule is Cc1cccc2c1NC[C@H]2C1CCN(CCC2CCN(c3ncc(-c4cc(F)cc(F)c4)o3)CC2)CC1O. The minimum absolute atomic E-state index is 0.297. The molecule has 2 fully saturated rings. The molecule has 0 saturated carbocycles. The van der Waals surface area contributed by atoms with Crippen molar-refractivity contribution in [2.24, 2.45) is 11.8 Å². The van der Waals surface area contributed by atoms with Crippen molar-refractivity contribution < 1.29 is 18.3 Å². The number of rotatable bonds is 6. The maximum atomic E-state index is 13.6. The maximum absolute atomic E-state index is 13.6. The van der Waals surface area contributed by atoms with Crippen molar-refractivity contribution in [1.29, 1.82) is 0 Å².